The Morgan fingerprint density at radius 2 is 1.64 bits per heavy atom. The highest BCUT2D eigenvalue weighted by Crippen LogP contribution is 2.29. The van der Waals surface area contributed by atoms with Gasteiger partial charge >= 0.3 is 5.97 Å². The fourth-order valence-corrected chi connectivity index (χ4v) is 2.83. The number of carbonyl (C=O) groups is 3. The lowest BCUT2D eigenvalue weighted by Crippen LogP contribution is -2.46. The van der Waals surface area contributed by atoms with E-state index in [-0.39, 0.29) is 29.0 Å². The van der Waals surface area contributed by atoms with Crippen LogP contribution >= 0.6 is 0 Å². The molecule has 0 bridgehead atoms. The van der Waals surface area contributed by atoms with Crippen molar-refractivity contribution in [2.45, 2.75) is 12.5 Å². The van der Waals surface area contributed by atoms with Crippen molar-refractivity contribution in [3.63, 3.8) is 0 Å². The highest BCUT2D eigenvalue weighted by molar-refractivity contribution is 6.22. The molecule has 0 saturated carbocycles. The predicted octanol–water partition coefficient (Wildman–Crippen LogP) is 1.48. The van der Waals surface area contributed by atoms with E-state index in [0.29, 0.717) is 5.56 Å². The molecular formula is C18H15NO6. The Kier molecular flexibility index (Phi) is 4.14. The van der Waals surface area contributed by atoms with E-state index >= 15 is 0 Å². The molecular weight excluding hydrogens is 326 g/mol. The fraction of sp³-hybridized carbons (Fsp3) is 0.167. The maximum absolute atomic E-state index is 12.6. The Morgan fingerprint density at radius 3 is 2.16 bits per heavy atom. The number of hydrogen-bond acceptors (Lipinski definition) is 6. The molecule has 0 unspecified atom stereocenters. The van der Waals surface area contributed by atoms with Gasteiger partial charge in [0.05, 0.1) is 18.2 Å². The highest BCUT2D eigenvalue weighted by atomic mass is 16.5. The van der Waals surface area contributed by atoms with Gasteiger partial charge in [-0.25, -0.2) is 4.79 Å². The van der Waals surface area contributed by atoms with E-state index in [1.165, 1.54) is 37.4 Å². The van der Waals surface area contributed by atoms with Crippen LogP contribution in [0, 0.1) is 0 Å². The van der Waals surface area contributed by atoms with Gasteiger partial charge in [0.2, 0.25) is 0 Å². The van der Waals surface area contributed by atoms with Crippen molar-refractivity contribution in [1.82, 2.24) is 4.90 Å². The number of fused-ring (bicyclic) bond motifs is 1. The molecule has 0 spiro atoms. The normalized spacial score (nSPS) is 14.4. The van der Waals surface area contributed by atoms with Crippen molar-refractivity contribution in [1.29, 1.82) is 0 Å². The molecule has 2 aromatic rings. The monoisotopic (exact) mass is 341 g/mol. The predicted molar refractivity (Wildman–Crippen MR) is 86.2 cm³/mol. The average molecular weight is 341 g/mol. The van der Waals surface area contributed by atoms with Crippen molar-refractivity contribution in [2.24, 2.45) is 0 Å². The number of phenolic OH excluding ortho intramolecular Hbond substituents is 2. The number of rotatable bonds is 4. The lowest BCUT2D eigenvalue weighted by molar-refractivity contribution is -0.145. The minimum Gasteiger partial charge on any atom is -0.504 e. The quantitative estimate of drug-likeness (QED) is 0.496. The molecule has 7 heteroatoms. The van der Waals surface area contributed by atoms with E-state index in [2.05, 4.69) is 0 Å². The standard InChI is InChI=1S/C18H15NO6/c1-25-18(24)13(8-10-6-7-14(20)15(21)9-10)19-16(22)11-4-2-3-5-12(11)17(19)23/h2-7,9,13,20-21H,8H2,1H3/t13-/m0/s1. The molecule has 0 aliphatic carbocycles. The van der Waals surface area contributed by atoms with E-state index in [0.717, 1.165) is 4.90 Å². The molecule has 0 radical (unpaired) electrons. The Morgan fingerprint density at radius 1 is 1.04 bits per heavy atom. The van der Waals surface area contributed by atoms with Gasteiger partial charge in [0.15, 0.2) is 11.5 Å². The van der Waals surface area contributed by atoms with Gasteiger partial charge in [-0.3, -0.25) is 14.5 Å². The number of esters is 1. The van der Waals surface area contributed by atoms with Crippen molar-refractivity contribution in [3.8, 4) is 11.5 Å². The summed E-state index contributed by atoms with van der Waals surface area (Å²) >= 11 is 0. The zero-order chi connectivity index (χ0) is 18.1. The zero-order valence-electron chi connectivity index (χ0n) is 13.3. The third-order valence-corrected chi connectivity index (χ3v) is 4.08. The van der Waals surface area contributed by atoms with E-state index < -0.39 is 23.8 Å². The third kappa shape index (κ3) is 2.80. The number of methoxy groups -OCH3 is 1. The summed E-state index contributed by atoms with van der Waals surface area (Å²) in [5.41, 5.74) is 0.923. The van der Waals surface area contributed by atoms with E-state index in [9.17, 15) is 24.6 Å². The Balaban J connectivity index is 1.97. The van der Waals surface area contributed by atoms with Crippen LogP contribution in [0.4, 0.5) is 0 Å². The van der Waals surface area contributed by atoms with E-state index in [1.54, 1.807) is 12.1 Å². The van der Waals surface area contributed by atoms with Crippen LogP contribution in [0.2, 0.25) is 0 Å². The number of nitrogens with zero attached hydrogens (tertiary/aromatic N) is 1. The first-order valence-electron chi connectivity index (χ1n) is 7.49. The number of imide groups is 1. The van der Waals surface area contributed by atoms with Crippen LogP contribution in [0.25, 0.3) is 0 Å². The molecule has 1 heterocycles. The molecule has 1 atom stereocenters. The Hall–Kier alpha value is -3.35. The molecule has 0 aromatic heterocycles. The topological polar surface area (TPSA) is 104 Å². The summed E-state index contributed by atoms with van der Waals surface area (Å²) in [6, 6.07) is 9.17. The maximum Gasteiger partial charge on any atom is 0.329 e. The highest BCUT2D eigenvalue weighted by Gasteiger charge is 2.43. The van der Waals surface area contributed by atoms with Crippen molar-refractivity contribution >= 4 is 17.8 Å². The first kappa shape index (κ1) is 16.5. The van der Waals surface area contributed by atoms with Crippen LogP contribution in [0.15, 0.2) is 42.5 Å². The van der Waals surface area contributed by atoms with Crippen LogP contribution in [-0.4, -0.2) is 46.0 Å². The Labute approximate surface area is 143 Å². The number of amides is 2. The van der Waals surface area contributed by atoms with Gasteiger partial charge in [0.1, 0.15) is 6.04 Å². The number of ether oxygens (including phenoxy) is 1. The lowest BCUT2D eigenvalue weighted by Gasteiger charge is -2.24. The van der Waals surface area contributed by atoms with Gasteiger partial charge in [0, 0.05) is 6.42 Å². The van der Waals surface area contributed by atoms with Crippen molar-refractivity contribution < 1.29 is 29.3 Å². The second-order valence-corrected chi connectivity index (χ2v) is 5.59. The summed E-state index contributed by atoms with van der Waals surface area (Å²) in [7, 11) is 1.17. The SMILES string of the molecule is COC(=O)[C@H](Cc1ccc(O)c(O)c1)N1C(=O)c2ccccc2C1=O. The van der Waals surface area contributed by atoms with Crippen LogP contribution in [0.3, 0.4) is 0 Å². The van der Waals surface area contributed by atoms with Gasteiger partial charge in [-0.05, 0) is 29.8 Å². The summed E-state index contributed by atoms with van der Waals surface area (Å²) in [6.07, 6.45) is -0.0496. The lowest BCUT2D eigenvalue weighted by atomic mass is 10.0. The van der Waals surface area contributed by atoms with Gasteiger partial charge in [-0.2, -0.15) is 0 Å². The summed E-state index contributed by atoms with van der Waals surface area (Å²) in [4.78, 5) is 38.3. The zero-order valence-corrected chi connectivity index (χ0v) is 13.3. The minimum atomic E-state index is -1.18. The van der Waals surface area contributed by atoms with Crippen molar-refractivity contribution in [3.05, 3.63) is 59.2 Å². The number of phenols is 2. The molecule has 2 N–H and O–H groups in total. The molecule has 3 rings (SSSR count). The molecule has 2 aromatic carbocycles. The largest absolute Gasteiger partial charge is 0.504 e. The molecule has 0 fully saturated rings. The third-order valence-electron chi connectivity index (χ3n) is 4.08. The molecule has 1 aliphatic heterocycles. The van der Waals surface area contributed by atoms with Crippen LogP contribution in [0.5, 0.6) is 11.5 Å². The molecule has 1 aliphatic rings. The summed E-state index contributed by atoms with van der Waals surface area (Å²) in [6.45, 7) is 0. The van der Waals surface area contributed by atoms with Crippen LogP contribution in [0.1, 0.15) is 26.3 Å². The average Bonchev–Trinajstić information content (AvgIpc) is 2.87. The van der Waals surface area contributed by atoms with E-state index in [4.69, 9.17) is 4.74 Å². The van der Waals surface area contributed by atoms with Crippen LogP contribution < -0.4 is 0 Å². The number of aromatic hydroxyl groups is 2. The van der Waals surface area contributed by atoms with Gasteiger partial charge in [0.25, 0.3) is 11.8 Å². The molecule has 128 valence electrons. The van der Waals surface area contributed by atoms with Gasteiger partial charge < -0.3 is 14.9 Å². The molecule has 7 nitrogen and oxygen atoms in total. The number of carbonyl (C=O) groups excluding carboxylic acids is 3. The Bertz CT molecular complexity index is 841. The van der Waals surface area contributed by atoms with E-state index in [1.807, 2.05) is 0 Å². The number of hydrogen-bond donors (Lipinski definition) is 2. The van der Waals surface area contributed by atoms with Gasteiger partial charge in [-0.1, -0.05) is 18.2 Å². The summed E-state index contributed by atoms with van der Waals surface area (Å²) < 4.78 is 4.75. The second-order valence-electron chi connectivity index (χ2n) is 5.59. The first-order valence-corrected chi connectivity index (χ1v) is 7.49. The second kappa shape index (κ2) is 6.27. The molecule has 0 saturated heterocycles. The van der Waals surface area contributed by atoms with Gasteiger partial charge in [-0.15, -0.1) is 0 Å². The fourth-order valence-electron chi connectivity index (χ4n) is 2.83. The summed E-state index contributed by atoms with van der Waals surface area (Å²) in [5.74, 6) is -2.55. The number of benzene rings is 2. The minimum absolute atomic E-state index is 0.0496. The smallest absolute Gasteiger partial charge is 0.329 e. The first-order chi connectivity index (χ1) is 11.9. The summed E-state index contributed by atoms with van der Waals surface area (Å²) in [5, 5.41) is 19.0. The van der Waals surface area contributed by atoms with Crippen LogP contribution in [-0.2, 0) is 16.0 Å². The molecule has 25 heavy (non-hydrogen) atoms. The molecule has 2 amide bonds. The maximum atomic E-state index is 12.6. The van der Waals surface area contributed by atoms with Crippen molar-refractivity contribution in [2.75, 3.05) is 7.11 Å².